The number of rotatable bonds is 3. The molecule has 0 saturated carbocycles. The van der Waals surface area contributed by atoms with E-state index in [2.05, 4.69) is 16.9 Å². The van der Waals surface area contributed by atoms with Crippen molar-refractivity contribution in [2.45, 2.75) is 26.2 Å². The van der Waals surface area contributed by atoms with E-state index in [4.69, 9.17) is 11.6 Å². The lowest BCUT2D eigenvalue weighted by Gasteiger charge is -1.98. The molecule has 15 heavy (non-hydrogen) atoms. The molecule has 0 amide bonds. The first-order chi connectivity index (χ1) is 7.20. The van der Waals surface area contributed by atoms with Gasteiger partial charge in [0.15, 0.2) is 0 Å². The molecule has 0 aliphatic heterocycles. The number of aryl methyl sites for hydroxylation is 1. The van der Waals surface area contributed by atoms with Crippen LogP contribution in [0.25, 0.3) is 10.2 Å². The fourth-order valence-electron chi connectivity index (χ4n) is 1.41. The molecule has 0 spiro atoms. The van der Waals surface area contributed by atoms with E-state index in [9.17, 15) is 4.79 Å². The Morgan fingerprint density at radius 3 is 3.13 bits per heavy atom. The third-order valence-electron chi connectivity index (χ3n) is 2.19. The maximum atomic E-state index is 11.6. The highest BCUT2D eigenvalue weighted by Gasteiger charge is 2.07. The highest BCUT2D eigenvalue weighted by Crippen LogP contribution is 2.25. The standard InChI is InChI=1S/C10H11ClN2OS/c1-2-3-4-8-12-9(14)6-5-7(11)15-10(6)13-8/h5H,2-4H2,1H3,(H,12,13,14). The van der Waals surface area contributed by atoms with Crippen molar-refractivity contribution in [2.75, 3.05) is 0 Å². The molecule has 2 heterocycles. The van der Waals surface area contributed by atoms with Crippen molar-refractivity contribution in [3.63, 3.8) is 0 Å². The minimum absolute atomic E-state index is 0.0887. The van der Waals surface area contributed by atoms with Crippen molar-refractivity contribution in [1.82, 2.24) is 9.97 Å². The first-order valence-electron chi connectivity index (χ1n) is 4.89. The summed E-state index contributed by atoms with van der Waals surface area (Å²) in [5.41, 5.74) is -0.0887. The number of nitrogens with one attached hydrogen (secondary N) is 1. The molecule has 2 aromatic heterocycles. The Morgan fingerprint density at radius 1 is 1.60 bits per heavy atom. The van der Waals surface area contributed by atoms with Gasteiger partial charge in [-0.3, -0.25) is 4.79 Å². The Hall–Kier alpha value is -0.870. The lowest BCUT2D eigenvalue weighted by Crippen LogP contribution is -2.10. The van der Waals surface area contributed by atoms with Crippen LogP contribution in [-0.2, 0) is 6.42 Å². The van der Waals surface area contributed by atoms with Crippen LogP contribution in [0.1, 0.15) is 25.6 Å². The number of aromatic nitrogens is 2. The van der Waals surface area contributed by atoms with Gasteiger partial charge in [-0.2, -0.15) is 0 Å². The van der Waals surface area contributed by atoms with Crippen LogP contribution in [0.4, 0.5) is 0 Å². The van der Waals surface area contributed by atoms with Gasteiger partial charge in [0.25, 0.3) is 5.56 Å². The normalized spacial score (nSPS) is 11.1. The van der Waals surface area contributed by atoms with Gasteiger partial charge in [-0.15, -0.1) is 11.3 Å². The molecule has 0 atom stereocenters. The number of aromatic amines is 1. The van der Waals surface area contributed by atoms with Crippen molar-refractivity contribution >= 4 is 33.2 Å². The van der Waals surface area contributed by atoms with E-state index in [1.807, 2.05) is 0 Å². The lowest BCUT2D eigenvalue weighted by molar-refractivity contribution is 0.754. The number of thiophene rings is 1. The molecule has 0 unspecified atom stereocenters. The van der Waals surface area contributed by atoms with E-state index >= 15 is 0 Å². The average Bonchev–Trinajstić information content (AvgIpc) is 2.56. The van der Waals surface area contributed by atoms with E-state index in [0.717, 1.165) is 29.9 Å². The fourth-order valence-corrected chi connectivity index (χ4v) is 2.52. The fraction of sp³-hybridized carbons (Fsp3) is 0.400. The van der Waals surface area contributed by atoms with Crippen LogP contribution in [0.2, 0.25) is 4.34 Å². The highest BCUT2D eigenvalue weighted by atomic mass is 35.5. The molecule has 0 radical (unpaired) electrons. The number of hydrogen-bond acceptors (Lipinski definition) is 3. The Labute approximate surface area is 96.1 Å². The third kappa shape index (κ3) is 2.21. The van der Waals surface area contributed by atoms with Gasteiger partial charge < -0.3 is 4.98 Å². The summed E-state index contributed by atoms with van der Waals surface area (Å²) in [4.78, 5) is 19.5. The van der Waals surface area contributed by atoms with E-state index in [0.29, 0.717) is 9.72 Å². The zero-order valence-corrected chi connectivity index (χ0v) is 9.91. The monoisotopic (exact) mass is 242 g/mol. The molecule has 0 aliphatic rings. The van der Waals surface area contributed by atoms with Gasteiger partial charge in [0, 0.05) is 6.42 Å². The summed E-state index contributed by atoms with van der Waals surface area (Å²) in [5.74, 6) is 0.757. The molecule has 80 valence electrons. The average molecular weight is 243 g/mol. The summed E-state index contributed by atoms with van der Waals surface area (Å²) in [6.45, 7) is 2.11. The van der Waals surface area contributed by atoms with Gasteiger partial charge in [-0.1, -0.05) is 24.9 Å². The second-order valence-corrected chi connectivity index (χ2v) is 5.05. The molecular weight excluding hydrogens is 232 g/mol. The van der Waals surface area contributed by atoms with Gasteiger partial charge in [0.1, 0.15) is 10.7 Å². The first kappa shape index (κ1) is 10.6. The zero-order chi connectivity index (χ0) is 10.8. The summed E-state index contributed by atoms with van der Waals surface area (Å²) in [6, 6.07) is 1.66. The maximum absolute atomic E-state index is 11.6. The SMILES string of the molecule is CCCCc1nc2sc(Cl)cc2c(=O)[nH]1. The summed E-state index contributed by atoms with van der Waals surface area (Å²) in [7, 11) is 0. The van der Waals surface area contributed by atoms with Crippen LogP contribution in [0, 0.1) is 0 Å². The van der Waals surface area contributed by atoms with Gasteiger partial charge in [-0.05, 0) is 12.5 Å². The van der Waals surface area contributed by atoms with E-state index in [1.54, 1.807) is 6.07 Å². The molecule has 0 aromatic carbocycles. The molecule has 0 fully saturated rings. The smallest absolute Gasteiger partial charge is 0.259 e. The summed E-state index contributed by atoms with van der Waals surface area (Å²) in [5, 5.41) is 0.588. The van der Waals surface area contributed by atoms with Crippen LogP contribution >= 0.6 is 22.9 Å². The van der Waals surface area contributed by atoms with E-state index < -0.39 is 0 Å². The lowest BCUT2D eigenvalue weighted by atomic mass is 10.2. The van der Waals surface area contributed by atoms with Crippen molar-refractivity contribution in [2.24, 2.45) is 0 Å². The molecule has 0 aliphatic carbocycles. The molecular formula is C10H11ClN2OS. The maximum Gasteiger partial charge on any atom is 0.259 e. The Bertz CT molecular complexity index is 532. The number of nitrogens with zero attached hydrogens (tertiary/aromatic N) is 1. The second-order valence-electron chi connectivity index (χ2n) is 3.39. The van der Waals surface area contributed by atoms with Crippen LogP contribution in [0.15, 0.2) is 10.9 Å². The van der Waals surface area contributed by atoms with Crippen LogP contribution in [-0.4, -0.2) is 9.97 Å². The number of H-pyrrole nitrogens is 1. The first-order valence-corrected chi connectivity index (χ1v) is 6.08. The predicted octanol–water partition coefficient (Wildman–Crippen LogP) is 2.98. The van der Waals surface area contributed by atoms with Crippen LogP contribution < -0.4 is 5.56 Å². The Morgan fingerprint density at radius 2 is 2.40 bits per heavy atom. The minimum Gasteiger partial charge on any atom is -0.310 e. The zero-order valence-electron chi connectivity index (χ0n) is 8.34. The van der Waals surface area contributed by atoms with E-state index in [1.165, 1.54) is 11.3 Å². The van der Waals surface area contributed by atoms with Gasteiger partial charge in [-0.25, -0.2) is 4.98 Å². The molecule has 1 N–H and O–H groups in total. The second kappa shape index (κ2) is 4.33. The van der Waals surface area contributed by atoms with Crippen molar-refractivity contribution in [1.29, 1.82) is 0 Å². The van der Waals surface area contributed by atoms with Gasteiger partial charge in [0.2, 0.25) is 0 Å². The molecule has 2 aromatic rings. The van der Waals surface area contributed by atoms with Crippen molar-refractivity contribution in [3.05, 3.63) is 26.6 Å². The summed E-state index contributed by atoms with van der Waals surface area (Å²) >= 11 is 7.19. The molecule has 3 nitrogen and oxygen atoms in total. The summed E-state index contributed by atoms with van der Waals surface area (Å²) < 4.78 is 0.607. The predicted molar refractivity (Wildman–Crippen MR) is 63.9 cm³/mol. The van der Waals surface area contributed by atoms with Gasteiger partial charge >= 0.3 is 0 Å². The molecule has 0 bridgehead atoms. The molecule has 2 rings (SSSR count). The third-order valence-corrected chi connectivity index (χ3v) is 3.35. The topological polar surface area (TPSA) is 45.8 Å². The van der Waals surface area contributed by atoms with E-state index in [-0.39, 0.29) is 5.56 Å². The van der Waals surface area contributed by atoms with Crippen LogP contribution in [0.3, 0.4) is 0 Å². The highest BCUT2D eigenvalue weighted by molar-refractivity contribution is 7.22. The number of fused-ring (bicyclic) bond motifs is 1. The largest absolute Gasteiger partial charge is 0.310 e. The number of unbranched alkanes of at least 4 members (excludes halogenated alkanes) is 1. The summed E-state index contributed by atoms with van der Waals surface area (Å²) in [6.07, 6.45) is 2.94. The van der Waals surface area contributed by atoms with Crippen molar-refractivity contribution < 1.29 is 0 Å². The van der Waals surface area contributed by atoms with Crippen molar-refractivity contribution in [3.8, 4) is 0 Å². The van der Waals surface area contributed by atoms with Crippen LogP contribution in [0.5, 0.6) is 0 Å². The quantitative estimate of drug-likeness (QED) is 0.900. The number of hydrogen-bond donors (Lipinski definition) is 1. The molecule has 0 saturated heterocycles. The number of halogens is 1. The minimum atomic E-state index is -0.0887. The Balaban J connectivity index is 2.47. The Kier molecular flexibility index (Phi) is 3.07. The van der Waals surface area contributed by atoms with Gasteiger partial charge in [0.05, 0.1) is 9.72 Å². The molecule has 5 heteroatoms.